The zero-order valence-electron chi connectivity index (χ0n) is 15.0. The second-order valence-electron chi connectivity index (χ2n) is 9.07. The van der Waals surface area contributed by atoms with Gasteiger partial charge in [0.05, 0.1) is 31.5 Å². The normalized spacial score (nSPS) is 39.6. The van der Waals surface area contributed by atoms with E-state index < -0.39 is 6.10 Å². The van der Waals surface area contributed by atoms with Crippen molar-refractivity contribution in [1.29, 1.82) is 0 Å². The average Bonchev–Trinajstić information content (AvgIpc) is 3.04. The first kappa shape index (κ1) is 17.3. The molecular formula is C20H35NO3. The lowest BCUT2D eigenvalue weighted by Crippen LogP contribution is -2.52. The van der Waals surface area contributed by atoms with E-state index in [0.717, 1.165) is 17.8 Å². The molecule has 0 radical (unpaired) electrons. The maximum Gasteiger partial charge on any atom is 0.0897 e. The first-order valence-electron chi connectivity index (χ1n) is 10.3. The topological polar surface area (TPSA) is 50.7 Å². The predicted molar refractivity (Wildman–Crippen MR) is 93.9 cm³/mol. The van der Waals surface area contributed by atoms with Gasteiger partial charge in [-0.2, -0.15) is 0 Å². The number of hydrogen-bond acceptors (Lipinski definition) is 4. The van der Waals surface area contributed by atoms with E-state index in [4.69, 9.17) is 9.47 Å². The lowest BCUT2D eigenvalue weighted by Gasteiger charge is -2.56. The highest BCUT2D eigenvalue weighted by Gasteiger charge is 2.51. The molecule has 5 aliphatic rings. The van der Waals surface area contributed by atoms with Gasteiger partial charge in [-0.25, -0.2) is 0 Å². The van der Waals surface area contributed by atoms with Crippen molar-refractivity contribution < 1.29 is 14.6 Å². The van der Waals surface area contributed by atoms with E-state index in [-0.39, 0.29) is 5.60 Å². The summed E-state index contributed by atoms with van der Waals surface area (Å²) in [4.78, 5) is 0. The quantitative estimate of drug-likeness (QED) is 0.635. The summed E-state index contributed by atoms with van der Waals surface area (Å²) in [7, 11) is 0. The minimum absolute atomic E-state index is 0.181. The monoisotopic (exact) mass is 337 g/mol. The van der Waals surface area contributed by atoms with Crippen molar-refractivity contribution in [2.45, 2.75) is 82.0 Å². The van der Waals surface area contributed by atoms with Crippen LogP contribution < -0.4 is 5.32 Å². The smallest absolute Gasteiger partial charge is 0.0897 e. The van der Waals surface area contributed by atoms with Gasteiger partial charge in [0.2, 0.25) is 0 Å². The van der Waals surface area contributed by atoms with Crippen LogP contribution in [0.15, 0.2) is 0 Å². The molecule has 0 aromatic heterocycles. The van der Waals surface area contributed by atoms with E-state index in [1.54, 1.807) is 0 Å². The highest BCUT2D eigenvalue weighted by Crippen LogP contribution is 2.57. The third-order valence-corrected chi connectivity index (χ3v) is 6.93. The molecule has 1 atom stereocenters. The third kappa shape index (κ3) is 4.14. The molecule has 4 heteroatoms. The predicted octanol–water partition coefficient (Wildman–Crippen LogP) is 2.88. The summed E-state index contributed by atoms with van der Waals surface area (Å²) < 4.78 is 12.0. The molecule has 0 aromatic carbocycles. The van der Waals surface area contributed by atoms with Crippen molar-refractivity contribution in [3.8, 4) is 0 Å². The van der Waals surface area contributed by atoms with Gasteiger partial charge < -0.3 is 19.9 Å². The van der Waals surface area contributed by atoms with E-state index in [9.17, 15) is 5.11 Å². The Morgan fingerprint density at radius 3 is 2.21 bits per heavy atom. The van der Waals surface area contributed by atoms with E-state index in [0.29, 0.717) is 32.4 Å². The number of aliphatic hydroxyl groups is 1. The second-order valence-corrected chi connectivity index (χ2v) is 9.07. The van der Waals surface area contributed by atoms with Crippen LogP contribution in [0.3, 0.4) is 0 Å². The number of rotatable bonds is 9. The van der Waals surface area contributed by atoms with Crippen molar-refractivity contribution in [3.05, 3.63) is 0 Å². The summed E-state index contributed by atoms with van der Waals surface area (Å²) in [5.41, 5.74) is 0.181. The number of aliphatic hydroxyl groups excluding tert-OH is 1. The minimum Gasteiger partial charge on any atom is -0.389 e. The summed E-state index contributed by atoms with van der Waals surface area (Å²) >= 11 is 0. The van der Waals surface area contributed by atoms with Crippen LogP contribution in [-0.2, 0) is 9.47 Å². The van der Waals surface area contributed by atoms with Crippen molar-refractivity contribution in [3.63, 3.8) is 0 Å². The molecule has 0 aliphatic heterocycles. The van der Waals surface area contributed by atoms with Crippen LogP contribution >= 0.6 is 0 Å². The maximum atomic E-state index is 10.0. The molecule has 0 unspecified atom stereocenters. The van der Waals surface area contributed by atoms with Crippen LogP contribution in [0.25, 0.3) is 0 Å². The van der Waals surface area contributed by atoms with E-state index in [2.05, 4.69) is 5.32 Å². The van der Waals surface area contributed by atoms with Gasteiger partial charge >= 0.3 is 0 Å². The highest BCUT2D eigenvalue weighted by atomic mass is 16.5. The van der Waals surface area contributed by atoms with Gasteiger partial charge in [-0.15, -0.1) is 0 Å². The van der Waals surface area contributed by atoms with Gasteiger partial charge in [-0.3, -0.25) is 0 Å². The Bertz CT molecular complexity index is 372. The Kier molecular flexibility index (Phi) is 5.47. The van der Waals surface area contributed by atoms with E-state index in [1.807, 2.05) is 0 Å². The number of ether oxygens (including phenoxy) is 2. The Morgan fingerprint density at radius 2 is 1.58 bits per heavy atom. The number of nitrogens with one attached hydrogen (secondary N) is 1. The fourth-order valence-corrected chi connectivity index (χ4v) is 6.24. The first-order chi connectivity index (χ1) is 11.7. The van der Waals surface area contributed by atoms with Crippen LogP contribution in [0.1, 0.15) is 64.2 Å². The standard InChI is InChI=1S/C20H35NO3/c22-19(13-21-18-3-1-2-4-18)14-23-5-6-24-20-10-15-7-16(11-20)9-17(8-15)12-20/h15-19,21-22H,1-14H2/t15?,16?,17?,19-,20?/m0/s1. The Morgan fingerprint density at radius 1 is 0.958 bits per heavy atom. The largest absolute Gasteiger partial charge is 0.389 e. The Labute approximate surface area is 146 Å². The molecule has 4 nitrogen and oxygen atoms in total. The summed E-state index contributed by atoms with van der Waals surface area (Å²) in [5.74, 6) is 2.79. The van der Waals surface area contributed by atoms with Gasteiger partial charge in [-0.1, -0.05) is 12.8 Å². The van der Waals surface area contributed by atoms with Crippen molar-refractivity contribution in [2.75, 3.05) is 26.4 Å². The molecule has 5 saturated carbocycles. The highest BCUT2D eigenvalue weighted by molar-refractivity contribution is 5.03. The Balaban J connectivity index is 1.09. The van der Waals surface area contributed by atoms with Gasteiger partial charge in [-0.05, 0) is 69.1 Å². The van der Waals surface area contributed by atoms with Gasteiger partial charge in [0.15, 0.2) is 0 Å². The molecule has 0 amide bonds. The fraction of sp³-hybridized carbons (Fsp3) is 1.00. The molecule has 0 spiro atoms. The van der Waals surface area contributed by atoms with Gasteiger partial charge in [0.1, 0.15) is 0 Å². The van der Waals surface area contributed by atoms with Crippen LogP contribution in [0.2, 0.25) is 0 Å². The minimum atomic E-state index is -0.398. The summed E-state index contributed by atoms with van der Waals surface area (Å²) in [6, 6.07) is 0.610. The molecule has 4 bridgehead atoms. The molecule has 5 aliphatic carbocycles. The molecule has 5 fully saturated rings. The molecule has 2 N–H and O–H groups in total. The molecule has 24 heavy (non-hydrogen) atoms. The summed E-state index contributed by atoms with van der Waals surface area (Å²) in [6.45, 7) is 2.38. The van der Waals surface area contributed by atoms with Gasteiger partial charge in [0.25, 0.3) is 0 Å². The lowest BCUT2D eigenvalue weighted by atomic mass is 9.54. The third-order valence-electron chi connectivity index (χ3n) is 6.93. The lowest BCUT2D eigenvalue weighted by molar-refractivity contribution is -0.170. The van der Waals surface area contributed by atoms with Crippen LogP contribution in [0, 0.1) is 17.8 Å². The molecule has 0 saturated heterocycles. The summed E-state index contributed by atoms with van der Waals surface area (Å²) in [5, 5.41) is 13.5. The number of hydrogen-bond donors (Lipinski definition) is 2. The van der Waals surface area contributed by atoms with Crippen molar-refractivity contribution in [2.24, 2.45) is 17.8 Å². The molecule has 138 valence electrons. The maximum absolute atomic E-state index is 10.0. The first-order valence-corrected chi connectivity index (χ1v) is 10.3. The van der Waals surface area contributed by atoms with Crippen LogP contribution in [-0.4, -0.2) is 49.2 Å². The zero-order chi connectivity index (χ0) is 16.4. The van der Waals surface area contributed by atoms with Crippen LogP contribution in [0.5, 0.6) is 0 Å². The molecule has 0 heterocycles. The fourth-order valence-electron chi connectivity index (χ4n) is 6.24. The van der Waals surface area contributed by atoms with E-state index >= 15 is 0 Å². The molecule has 5 rings (SSSR count). The average molecular weight is 338 g/mol. The van der Waals surface area contributed by atoms with E-state index in [1.165, 1.54) is 64.2 Å². The SMILES string of the molecule is O[C@@H](CNC1CCCC1)COCCOC12CC3CC(CC(C3)C1)C2. The Hall–Kier alpha value is -0.160. The molecular weight excluding hydrogens is 302 g/mol. The van der Waals surface area contributed by atoms with Crippen molar-refractivity contribution >= 4 is 0 Å². The van der Waals surface area contributed by atoms with Crippen molar-refractivity contribution in [1.82, 2.24) is 5.32 Å². The van der Waals surface area contributed by atoms with Crippen LogP contribution in [0.4, 0.5) is 0 Å². The second kappa shape index (κ2) is 7.61. The zero-order valence-corrected chi connectivity index (χ0v) is 15.0. The summed E-state index contributed by atoms with van der Waals surface area (Å²) in [6.07, 6.45) is 13.0. The molecule has 0 aromatic rings. The van der Waals surface area contributed by atoms with Gasteiger partial charge in [0, 0.05) is 12.6 Å².